The molecule has 3 rings (SSSR count). The molecule has 0 radical (unpaired) electrons. The molecule has 0 bridgehead atoms. The Morgan fingerprint density at radius 1 is 1.22 bits per heavy atom. The highest BCUT2D eigenvalue weighted by Gasteiger charge is 2.11. The van der Waals surface area contributed by atoms with E-state index in [-0.39, 0.29) is 0 Å². The van der Waals surface area contributed by atoms with E-state index in [1.165, 1.54) is 4.68 Å². The standard InChI is InChI=1S/C16H13ClN4OS/c1-22-14-9-5-2-6-11(14)10-18-21-15(19-20-16(21)23)12-7-3-4-8-13(12)17/h2-10H,1H3,(H,20,23)/b18-10-. The number of nitrogens with zero attached hydrogens (tertiary/aromatic N) is 3. The fraction of sp³-hybridized carbons (Fsp3) is 0.0625. The highest BCUT2D eigenvalue weighted by Crippen LogP contribution is 2.26. The van der Waals surface area contributed by atoms with Crippen LogP contribution in [0.2, 0.25) is 5.02 Å². The largest absolute Gasteiger partial charge is 0.496 e. The number of benzene rings is 2. The summed E-state index contributed by atoms with van der Waals surface area (Å²) < 4.78 is 7.22. The lowest BCUT2D eigenvalue weighted by Gasteiger charge is -2.05. The van der Waals surface area contributed by atoms with E-state index in [1.54, 1.807) is 19.4 Å². The van der Waals surface area contributed by atoms with E-state index in [4.69, 9.17) is 28.6 Å². The Bertz CT molecular complexity index is 916. The van der Waals surface area contributed by atoms with Gasteiger partial charge >= 0.3 is 0 Å². The molecule has 3 aromatic rings. The number of nitrogens with one attached hydrogen (secondary N) is 1. The van der Waals surface area contributed by atoms with Gasteiger partial charge < -0.3 is 4.74 Å². The highest BCUT2D eigenvalue weighted by molar-refractivity contribution is 7.71. The van der Waals surface area contributed by atoms with Crippen LogP contribution in [0.15, 0.2) is 53.6 Å². The van der Waals surface area contributed by atoms with Gasteiger partial charge in [-0.25, -0.2) is 5.10 Å². The molecule has 23 heavy (non-hydrogen) atoms. The van der Waals surface area contributed by atoms with Gasteiger partial charge in [-0.05, 0) is 36.5 Å². The molecule has 0 unspecified atom stereocenters. The molecule has 0 atom stereocenters. The fourth-order valence-corrected chi connectivity index (χ4v) is 2.51. The van der Waals surface area contributed by atoms with Gasteiger partial charge in [0, 0.05) is 11.1 Å². The highest BCUT2D eigenvalue weighted by atomic mass is 35.5. The van der Waals surface area contributed by atoms with Gasteiger partial charge in [0.15, 0.2) is 5.82 Å². The van der Waals surface area contributed by atoms with E-state index in [1.807, 2.05) is 42.5 Å². The van der Waals surface area contributed by atoms with E-state index >= 15 is 0 Å². The summed E-state index contributed by atoms with van der Waals surface area (Å²) in [5.41, 5.74) is 1.59. The predicted octanol–water partition coefficient (Wildman–Crippen LogP) is 4.15. The number of hydrogen-bond donors (Lipinski definition) is 1. The molecule has 0 saturated heterocycles. The van der Waals surface area contributed by atoms with Crippen LogP contribution < -0.4 is 4.74 Å². The van der Waals surface area contributed by atoms with Crippen LogP contribution in [0, 0.1) is 4.77 Å². The molecule has 0 aliphatic heterocycles. The number of H-pyrrole nitrogens is 1. The van der Waals surface area contributed by atoms with Gasteiger partial charge in [0.05, 0.1) is 18.3 Å². The molecule has 2 aromatic carbocycles. The minimum Gasteiger partial charge on any atom is -0.496 e. The second-order valence-electron chi connectivity index (χ2n) is 4.63. The van der Waals surface area contributed by atoms with E-state index in [0.29, 0.717) is 15.6 Å². The first-order valence-corrected chi connectivity index (χ1v) is 7.59. The monoisotopic (exact) mass is 344 g/mol. The summed E-state index contributed by atoms with van der Waals surface area (Å²) in [6.45, 7) is 0. The Morgan fingerprint density at radius 2 is 1.96 bits per heavy atom. The van der Waals surface area contributed by atoms with E-state index in [0.717, 1.165) is 16.9 Å². The molecule has 0 aliphatic rings. The lowest BCUT2D eigenvalue weighted by molar-refractivity contribution is 0.414. The van der Waals surface area contributed by atoms with Crippen molar-refractivity contribution < 1.29 is 4.74 Å². The van der Waals surface area contributed by atoms with Crippen molar-refractivity contribution in [2.45, 2.75) is 0 Å². The fourth-order valence-electron chi connectivity index (χ4n) is 2.11. The Morgan fingerprint density at radius 3 is 2.74 bits per heavy atom. The Balaban J connectivity index is 2.05. The van der Waals surface area contributed by atoms with Gasteiger partial charge in [-0.1, -0.05) is 35.9 Å². The molecule has 0 amide bonds. The number of aromatic amines is 1. The number of halogens is 1. The zero-order valence-electron chi connectivity index (χ0n) is 12.2. The van der Waals surface area contributed by atoms with Crippen LogP contribution in [0.25, 0.3) is 11.4 Å². The van der Waals surface area contributed by atoms with E-state index in [2.05, 4.69) is 15.3 Å². The van der Waals surface area contributed by atoms with Gasteiger partial charge in [-0.2, -0.15) is 14.9 Å². The van der Waals surface area contributed by atoms with Crippen LogP contribution in [0.1, 0.15) is 5.56 Å². The van der Waals surface area contributed by atoms with Crippen molar-refractivity contribution in [3.63, 3.8) is 0 Å². The van der Waals surface area contributed by atoms with Crippen molar-refractivity contribution in [1.29, 1.82) is 0 Å². The van der Waals surface area contributed by atoms with Crippen LogP contribution in [0.3, 0.4) is 0 Å². The van der Waals surface area contributed by atoms with Crippen molar-refractivity contribution in [3.8, 4) is 17.1 Å². The lowest BCUT2D eigenvalue weighted by atomic mass is 10.2. The first-order chi connectivity index (χ1) is 11.2. The minimum atomic E-state index is 0.381. The Kier molecular flexibility index (Phi) is 4.55. The third-order valence-electron chi connectivity index (χ3n) is 3.22. The summed E-state index contributed by atoms with van der Waals surface area (Å²) in [6.07, 6.45) is 1.67. The Hall–Kier alpha value is -2.44. The number of ether oxygens (including phenoxy) is 1. The van der Waals surface area contributed by atoms with Crippen LogP contribution in [0.4, 0.5) is 0 Å². The molecule has 1 N–H and O–H groups in total. The summed E-state index contributed by atoms with van der Waals surface area (Å²) in [4.78, 5) is 0. The molecule has 0 spiro atoms. The van der Waals surface area contributed by atoms with Gasteiger partial charge in [-0.3, -0.25) is 0 Å². The van der Waals surface area contributed by atoms with Crippen molar-refractivity contribution in [2.75, 3.05) is 7.11 Å². The number of aromatic nitrogens is 3. The number of rotatable bonds is 4. The quantitative estimate of drug-likeness (QED) is 0.571. The third-order valence-corrected chi connectivity index (χ3v) is 3.81. The zero-order valence-corrected chi connectivity index (χ0v) is 13.8. The van der Waals surface area contributed by atoms with Crippen molar-refractivity contribution >= 4 is 30.0 Å². The van der Waals surface area contributed by atoms with Crippen LogP contribution in [-0.4, -0.2) is 28.2 Å². The smallest absolute Gasteiger partial charge is 0.216 e. The summed E-state index contributed by atoms with van der Waals surface area (Å²) in [7, 11) is 1.62. The minimum absolute atomic E-state index is 0.381. The number of para-hydroxylation sites is 1. The molecule has 0 aliphatic carbocycles. The predicted molar refractivity (Wildman–Crippen MR) is 93.8 cm³/mol. The first kappa shape index (κ1) is 15.5. The number of methoxy groups -OCH3 is 1. The second-order valence-corrected chi connectivity index (χ2v) is 5.42. The molecule has 7 heteroatoms. The van der Waals surface area contributed by atoms with Crippen molar-refractivity contribution in [1.82, 2.24) is 14.9 Å². The SMILES string of the molecule is COc1ccccc1/C=N\n1c(-c2ccccc2Cl)n[nH]c1=S. The molecular formula is C16H13ClN4OS. The molecule has 5 nitrogen and oxygen atoms in total. The first-order valence-electron chi connectivity index (χ1n) is 6.80. The lowest BCUT2D eigenvalue weighted by Crippen LogP contribution is -1.97. The van der Waals surface area contributed by atoms with Crippen LogP contribution in [0.5, 0.6) is 5.75 Å². The molecule has 1 heterocycles. The van der Waals surface area contributed by atoms with E-state index < -0.39 is 0 Å². The maximum Gasteiger partial charge on any atom is 0.216 e. The summed E-state index contributed by atoms with van der Waals surface area (Å²) in [5, 5.41) is 12.0. The maximum atomic E-state index is 6.23. The molecule has 0 saturated carbocycles. The van der Waals surface area contributed by atoms with E-state index in [9.17, 15) is 0 Å². The van der Waals surface area contributed by atoms with Crippen LogP contribution in [-0.2, 0) is 0 Å². The Labute approximate surface area is 143 Å². The van der Waals surface area contributed by atoms with Crippen molar-refractivity contribution in [3.05, 3.63) is 63.9 Å². The number of hydrogen-bond acceptors (Lipinski definition) is 4. The summed E-state index contributed by atoms with van der Waals surface area (Å²) >= 11 is 11.5. The van der Waals surface area contributed by atoms with Gasteiger partial charge in [0.2, 0.25) is 4.77 Å². The average Bonchev–Trinajstić information content (AvgIpc) is 2.94. The van der Waals surface area contributed by atoms with Crippen molar-refractivity contribution in [2.24, 2.45) is 5.10 Å². The van der Waals surface area contributed by atoms with Gasteiger partial charge in [0.25, 0.3) is 0 Å². The molecule has 116 valence electrons. The average molecular weight is 345 g/mol. The van der Waals surface area contributed by atoms with Gasteiger partial charge in [0.1, 0.15) is 5.75 Å². The third kappa shape index (κ3) is 3.18. The second kappa shape index (κ2) is 6.76. The molecular weight excluding hydrogens is 332 g/mol. The normalized spacial score (nSPS) is 11.0. The van der Waals surface area contributed by atoms with Crippen LogP contribution >= 0.6 is 23.8 Å². The topological polar surface area (TPSA) is 55.2 Å². The zero-order chi connectivity index (χ0) is 16.2. The summed E-state index contributed by atoms with van der Waals surface area (Å²) in [6, 6.07) is 15.0. The molecule has 1 aromatic heterocycles. The molecule has 0 fully saturated rings. The van der Waals surface area contributed by atoms with Gasteiger partial charge in [-0.15, -0.1) is 0 Å². The summed E-state index contributed by atoms with van der Waals surface area (Å²) in [5.74, 6) is 1.28. The maximum absolute atomic E-state index is 6.23.